The maximum Gasteiger partial charge on any atom is 0.350 e. The van der Waals surface area contributed by atoms with Gasteiger partial charge in [0, 0.05) is 43.6 Å². The number of esters is 2. The highest BCUT2D eigenvalue weighted by molar-refractivity contribution is 6.15. The summed E-state index contributed by atoms with van der Waals surface area (Å²) >= 11 is 0. The minimum Gasteiger partial charge on any atom is -0.480 e. The van der Waals surface area contributed by atoms with Crippen LogP contribution in [-0.2, 0) is 30.3 Å². The lowest BCUT2D eigenvalue weighted by Crippen LogP contribution is -2.43. The zero-order valence-electron chi connectivity index (χ0n) is 14.2. The van der Waals surface area contributed by atoms with Gasteiger partial charge >= 0.3 is 17.9 Å². The van der Waals surface area contributed by atoms with Crippen molar-refractivity contribution in [2.24, 2.45) is 0 Å². The smallest absolute Gasteiger partial charge is 0.350 e. The molecule has 1 aromatic carbocycles. The molecule has 0 radical (unpaired) electrons. The second kappa shape index (κ2) is 6.55. The summed E-state index contributed by atoms with van der Waals surface area (Å²) < 4.78 is 9.94. The van der Waals surface area contributed by atoms with E-state index in [2.05, 4.69) is 10.3 Å². The number of rotatable bonds is 5. The Kier molecular flexibility index (Phi) is 4.41. The van der Waals surface area contributed by atoms with Crippen molar-refractivity contribution in [3.63, 3.8) is 0 Å². The average molecular weight is 358 g/mol. The number of carboxylic acid groups (broad SMARTS) is 1. The van der Waals surface area contributed by atoms with Gasteiger partial charge in [0.05, 0.1) is 0 Å². The van der Waals surface area contributed by atoms with E-state index in [0.29, 0.717) is 0 Å². The Morgan fingerprint density at radius 3 is 2.58 bits per heavy atom. The van der Waals surface area contributed by atoms with E-state index >= 15 is 0 Å². The molecule has 2 aromatic rings. The average Bonchev–Trinajstić information content (AvgIpc) is 2.95. The van der Waals surface area contributed by atoms with Gasteiger partial charge in [-0.1, -0.05) is 18.2 Å². The third-order valence-corrected chi connectivity index (χ3v) is 3.94. The molecule has 1 aliphatic rings. The van der Waals surface area contributed by atoms with Crippen LogP contribution in [-0.4, -0.2) is 39.8 Å². The molecule has 0 spiro atoms. The first kappa shape index (κ1) is 17.5. The predicted molar refractivity (Wildman–Crippen MR) is 90.9 cm³/mol. The molecule has 0 aliphatic carbocycles. The third kappa shape index (κ3) is 3.53. The van der Waals surface area contributed by atoms with Gasteiger partial charge in [-0.2, -0.15) is 0 Å². The zero-order chi connectivity index (χ0) is 18.9. The summed E-state index contributed by atoms with van der Waals surface area (Å²) in [4.78, 5) is 38.5. The molecule has 1 aliphatic heterocycles. The zero-order valence-corrected chi connectivity index (χ0v) is 14.2. The van der Waals surface area contributed by atoms with Crippen molar-refractivity contribution in [2.75, 3.05) is 0 Å². The van der Waals surface area contributed by atoms with Gasteiger partial charge in [0.2, 0.25) is 0 Å². The van der Waals surface area contributed by atoms with E-state index < -0.39 is 29.7 Å². The first-order valence-electron chi connectivity index (χ1n) is 7.97. The maximum atomic E-state index is 11.9. The van der Waals surface area contributed by atoms with Crippen LogP contribution in [0.15, 0.2) is 42.2 Å². The van der Waals surface area contributed by atoms with E-state index in [1.165, 1.54) is 13.8 Å². The van der Waals surface area contributed by atoms with Gasteiger partial charge in [0.1, 0.15) is 6.04 Å². The van der Waals surface area contributed by atoms with E-state index in [1.54, 1.807) is 6.20 Å². The fraction of sp³-hybridized carbons (Fsp3) is 0.278. The van der Waals surface area contributed by atoms with Crippen LogP contribution in [0.4, 0.5) is 0 Å². The first-order valence-corrected chi connectivity index (χ1v) is 7.97. The number of hydrogen-bond donors (Lipinski definition) is 3. The molecule has 0 bridgehead atoms. The van der Waals surface area contributed by atoms with Crippen molar-refractivity contribution in [2.45, 2.75) is 32.1 Å². The summed E-state index contributed by atoms with van der Waals surface area (Å²) in [5.41, 5.74) is 1.31. The van der Waals surface area contributed by atoms with E-state index in [1.807, 2.05) is 24.3 Å². The summed E-state index contributed by atoms with van der Waals surface area (Å²) in [7, 11) is 0. The monoisotopic (exact) mass is 358 g/mol. The number of H-pyrrole nitrogens is 1. The van der Waals surface area contributed by atoms with Gasteiger partial charge in [0.15, 0.2) is 5.57 Å². The molecule has 26 heavy (non-hydrogen) atoms. The summed E-state index contributed by atoms with van der Waals surface area (Å²) in [5, 5.41) is 13.0. The first-order chi connectivity index (χ1) is 12.3. The number of aromatic nitrogens is 1. The molecule has 0 amide bonds. The summed E-state index contributed by atoms with van der Waals surface area (Å²) in [6.45, 7) is 2.87. The van der Waals surface area contributed by atoms with Crippen LogP contribution in [0.5, 0.6) is 0 Å². The van der Waals surface area contributed by atoms with Gasteiger partial charge in [-0.3, -0.25) is 0 Å². The topological polar surface area (TPSA) is 118 Å². The van der Waals surface area contributed by atoms with Crippen LogP contribution in [0.25, 0.3) is 10.9 Å². The van der Waals surface area contributed by atoms with Crippen LogP contribution < -0.4 is 5.32 Å². The van der Waals surface area contributed by atoms with Crippen LogP contribution >= 0.6 is 0 Å². The van der Waals surface area contributed by atoms with Gasteiger partial charge < -0.3 is 24.9 Å². The number of carbonyl (C=O) groups is 3. The lowest BCUT2D eigenvalue weighted by molar-refractivity contribution is -0.222. The highest BCUT2D eigenvalue weighted by Gasteiger charge is 2.39. The number of carbonyl (C=O) groups excluding carboxylic acids is 2. The number of ether oxygens (including phenoxy) is 2. The number of aromatic amines is 1. The highest BCUT2D eigenvalue weighted by atomic mass is 16.7. The Balaban J connectivity index is 1.78. The number of hydrogen-bond acceptors (Lipinski definition) is 6. The van der Waals surface area contributed by atoms with Crippen molar-refractivity contribution in [3.8, 4) is 0 Å². The number of aliphatic carboxylic acids is 1. The molecular formula is C18H18N2O6. The molecule has 8 heteroatoms. The van der Waals surface area contributed by atoms with Gasteiger partial charge in [0.25, 0.3) is 5.79 Å². The normalized spacial score (nSPS) is 17.4. The van der Waals surface area contributed by atoms with Crippen LogP contribution in [0.3, 0.4) is 0 Å². The lowest BCUT2D eigenvalue weighted by Gasteiger charge is -2.29. The summed E-state index contributed by atoms with van der Waals surface area (Å²) in [6, 6.07) is 6.47. The van der Waals surface area contributed by atoms with Crippen LogP contribution in [0, 0.1) is 0 Å². The lowest BCUT2D eigenvalue weighted by atomic mass is 10.1. The maximum absolute atomic E-state index is 11.9. The van der Waals surface area contributed by atoms with Crippen molar-refractivity contribution in [1.82, 2.24) is 10.3 Å². The molecule has 2 heterocycles. The molecule has 1 saturated heterocycles. The molecule has 3 N–H and O–H groups in total. The Morgan fingerprint density at radius 1 is 1.27 bits per heavy atom. The van der Waals surface area contributed by atoms with Crippen molar-refractivity contribution in [1.29, 1.82) is 0 Å². The van der Waals surface area contributed by atoms with Gasteiger partial charge in [-0.25, -0.2) is 14.4 Å². The number of cyclic esters (lactones) is 2. The second-order valence-corrected chi connectivity index (χ2v) is 6.36. The Labute approximate surface area is 148 Å². The number of benzene rings is 1. The van der Waals surface area contributed by atoms with Crippen LogP contribution in [0.1, 0.15) is 19.4 Å². The number of fused-ring (bicyclic) bond motifs is 1. The Bertz CT molecular complexity index is 889. The number of para-hydroxylation sites is 1. The van der Waals surface area contributed by atoms with E-state index in [9.17, 15) is 19.5 Å². The predicted octanol–water partition coefficient (Wildman–Crippen LogP) is 1.47. The van der Waals surface area contributed by atoms with E-state index in [4.69, 9.17) is 9.47 Å². The third-order valence-electron chi connectivity index (χ3n) is 3.94. The van der Waals surface area contributed by atoms with Crippen LogP contribution in [0.2, 0.25) is 0 Å². The minimum absolute atomic E-state index is 0.152. The molecule has 0 saturated carbocycles. The molecular weight excluding hydrogens is 340 g/mol. The minimum atomic E-state index is -1.35. The molecule has 1 aromatic heterocycles. The Morgan fingerprint density at radius 2 is 1.92 bits per heavy atom. The van der Waals surface area contributed by atoms with Crippen molar-refractivity contribution in [3.05, 3.63) is 47.8 Å². The molecule has 136 valence electrons. The molecule has 0 unspecified atom stereocenters. The SMILES string of the molecule is CC1(C)OC(=O)C(=CN[C@H](Cc2c[nH]c3ccccc23)C(=O)O)C(=O)O1. The standard InChI is InChI=1S/C18H18N2O6/c1-18(2)25-16(23)12(17(24)26-18)9-20-14(15(21)22)7-10-8-19-13-6-4-3-5-11(10)13/h3-6,8-9,14,19-20H,7H2,1-2H3,(H,21,22)/t14-/m1/s1. The van der Waals surface area contributed by atoms with Gasteiger partial charge in [-0.05, 0) is 11.6 Å². The van der Waals surface area contributed by atoms with Crippen molar-refractivity contribution < 1.29 is 29.0 Å². The number of nitrogens with one attached hydrogen (secondary N) is 2. The molecule has 1 fully saturated rings. The number of carboxylic acids is 1. The Hall–Kier alpha value is -3.29. The van der Waals surface area contributed by atoms with E-state index in [0.717, 1.165) is 22.7 Å². The molecule has 8 nitrogen and oxygen atoms in total. The second-order valence-electron chi connectivity index (χ2n) is 6.36. The quantitative estimate of drug-likeness (QED) is 0.421. The summed E-state index contributed by atoms with van der Waals surface area (Å²) in [5.74, 6) is -4.20. The molecule has 1 atom stereocenters. The van der Waals surface area contributed by atoms with Gasteiger partial charge in [-0.15, -0.1) is 0 Å². The molecule has 3 rings (SSSR count). The van der Waals surface area contributed by atoms with Crippen molar-refractivity contribution >= 4 is 28.8 Å². The fourth-order valence-corrected chi connectivity index (χ4v) is 2.70. The highest BCUT2D eigenvalue weighted by Crippen LogP contribution is 2.22. The fourth-order valence-electron chi connectivity index (χ4n) is 2.70. The van der Waals surface area contributed by atoms with E-state index in [-0.39, 0.29) is 12.0 Å². The largest absolute Gasteiger partial charge is 0.480 e. The summed E-state index contributed by atoms with van der Waals surface area (Å²) in [6.07, 6.45) is 2.92.